The second-order valence-corrected chi connectivity index (χ2v) is 6.51. The predicted molar refractivity (Wildman–Crippen MR) is 97.0 cm³/mol. The Morgan fingerprint density at radius 3 is 2.96 bits per heavy atom. The number of fused-ring (bicyclic) bond motifs is 1. The Bertz CT molecular complexity index is 931. The van der Waals surface area contributed by atoms with Crippen molar-refractivity contribution in [3.63, 3.8) is 0 Å². The molecule has 4 rings (SSSR count). The summed E-state index contributed by atoms with van der Waals surface area (Å²) >= 11 is 0. The first-order valence-corrected chi connectivity index (χ1v) is 8.85. The van der Waals surface area contributed by atoms with E-state index in [1.807, 2.05) is 18.5 Å². The van der Waals surface area contributed by atoms with Gasteiger partial charge in [-0.15, -0.1) is 0 Å². The topological polar surface area (TPSA) is 81.9 Å². The first-order chi connectivity index (χ1) is 12.8. The Morgan fingerprint density at radius 1 is 1.31 bits per heavy atom. The molecule has 0 atom stereocenters. The van der Waals surface area contributed by atoms with Crippen molar-refractivity contribution >= 4 is 17.1 Å². The number of carbonyl (C=O) groups excluding carboxylic acids is 1. The van der Waals surface area contributed by atoms with Gasteiger partial charge in [0, 0.05) is 30.5 Å². The lowest BCUT2D eigenvalue weighted by Gasteiger charge is -2.11. The fourth-order valence-corrected chi connectivity index (χ4v) is 3.51. The first kappa shape index (κ1) is 16.5. The smallest absolute Gasteiger partial charge is 0.253 e. The van der Waals surface area contributed by atoms with Gasteiger partial charge >= 0.3 is 0 Å². The number of hydrogen-bond donors (Lipinski definition) is 1. The summed E-state index contributed by atoms with van der Waals surface area (Å²) in [6.45, 7) is 0.338. The van der Waals surface area contributed by atoms with Crippen molar-refractivity contribution in [3.8, 4) is 5.88 Å². The minimum Gasteiger partial charge on any atom is -0.481 e. The normalized spacial score (nSPS) is 14.7. The Hall–Kier alpha value is -2.96. The SMILES string of the molecule is COc1ncccc1CNC(=O)c1cnc2c(c1)ncn2C1CCCC1. The highest BCUT2D eigenvalue weighted by molar-refractivity contribution is 5.96. The van der Waals surface area contributed by atoms with Crippen LogP contribution in [0, 0.1) is 0 Å². The molecule has 0 aromatic carbocycles. The van der Waals surface area contributed by atoms with Crippen LogP contribution < -0.4 is 10.1 Å². The maximum atomic E-state index is 12.5. The number of rotatable bonds is 5. The number of aromatic nitrogens is 4. The summed E-state index contributed by atoms with van der Waals surface area (Å²) in [6.07, 6.45) is 9.96. The van der Waals surface area contributed by atoms with Crippen LogP contribution in [0.1, 0.15) is 47.6 Å². The molecule has 0 aliphatic heterocycles. The van der Waals surface area contributed by atoms with Crippen molar-refractivity contribution in [2.45, 2.75) is 38.3 Å². The fourth-order valence-electron chi connectivity index (χ4n) is 3.51. The first-order valence-electron chi connectivity index (χ1n) is 8.85. The van der Waals surface area contributed by atoms with Crippen LogP contribution in [0.15, 0.2) is 36.9 Å². The zero-order chi connectivity index (χ0) is 17.9. The van der Waals surface area contributed by atoms with Crippen LogP contribution in [0.4, 0.5) is 0 Å². The van der Waals surface area contributed by atoms with Crippen LogP contribution in [0.25, 0.3) is 11.2 Å². The Morgan fingerprint density at radius 2 is 2.15 bits per heavy atom. The van der Waals surface area contributed by atoms with Gasteiger partial charge in [-0.25, -0.2) is 15.0 Å². The summed E-state index contributed by atoms with van der Waals surface area (Å²) in [5.41, 5.74) is 2.92. The maximum Gasteiger partial charge on any atom is 0.253 e. The van der Waals surface area contributed by atoms with Crippen LogP contribution in [0.5, 0.6) is 5.88 Å². The van der Waals surface area contributed by atoms with Crippen molar-refractivity contribution in [2.75, 3.05) is 7.11 Å². The van der Waals surface area contributed by atoms with Crippen molar-refractivity contribution in [2.24, 2.45) is 0 Å². The minimum atomic E-state index is -0.194. The van der Waals surface area contributed by atoms with E-state index in [0.717, 1.165) is 16.7 Å². The molecule has 3 aromatic heterocycles. The van der Waals surface area contributed by atoms with Crippen LogP contribution in [0.2, 0.25) is 0 Å². The number of ether oxygens (including phenoxy) is 1. The number of imidazole rings is 1. The maximum absolute atomic E-state index is 12.5. The third-order valence-electron chi connectivity index (χ3n) is 4.88. The lowest BCUT2D eigenvalue weighted by molar-refractivity contribution is 0.0950. The van der Waals surface area contributed by atoms with Crippen LogP contribution >= 0.6 is 0 Å². The number of hydrogen-bond acceptors (Lipinski definition) is 5. The van der Waals surface area contributed by atoms with E-state index in [0.29, 0.717) is 24.0 Å². The molecule has 7 heteroatoms. The number of nitrogens with zero attached hydrogens (tertiary/aromatic N) is 4. The molecule has 1 saturated carbocycles. The molecular weight excluding hydrogens is 330 g/mol. The van der Waals surface area contributed by atoms with Gasteiger partial charge in [0.2, 0.25) is 5.88 Å². The monoisotopic (exact) mass is 351 g/mol. The molecule has 0 unspecified atom stereocenters. The molecular formula is C19H21N5O2. The predicted octanol–water partition coefficient (Wildman–Crippen LogP) is 2.88. The standard InChI is InChI=1S/C19H21N5O2/c1-26-19-13(5-4-8-20-19)10-22-18(25)14-9-16-17(21-11-14)24(12-23-16)15-6-2-3-7-15/h4-5,8-9,11-12,15H,2-3,6-7,10H2,1H3,(H,22,25). The van der Waals surface area contributed by atoms with Crippen molar-refractivity contribution in [3.05, 3.63) is 48.0 Å². The molecule has 134 valence electrons. The van der Waals surface area contributed by atoms with Crippen LogP contribution in [0.3, 0.4) is 0 Å². The highest BCUT2D eigenvalue weighted by atomic mass is 16.5. The number of nitrogens with one attached hydrogen (secondary N) is 1. The highest BCUT2D eigenvalue weighted by Gasteiger charge is 2.20. The van der Waals surface area contributed by atoms with E-state index in [9.17, 15) is 4.79 Å². The summed E-state index contributed by atoms with van der Waals surface area (Å²) in [7, 11) is 1.56. The number of methoxy groups -OCH3 is 1. The Labute approximate surface area is 151 Å². The molecule has 26 heavy (non-hydrogen) atoms. The van der Waals surface area contributed by atoms with Gasteiger partial charge in [0.05, 0.1) is 19.0 Å². The van der Waals surface area contributed by atoms with Gasteiger partial charge in [-0.1, -0.05) is 18.9 Å². The molecule has 1 aliphatic carbocycles. The molecule has 1 aliphatic rings. The van der Waals surface area contributed by atoms with Gasteiger partial charge in [-0.05, 0) is 25.0 Å². The van der Waals surface area contributed by atoms with Gasteiger partial charge in [0.25, 0.3) is 5.91 Å². The average molecular weight is 351 g/mol. The summed E-state index contributed by atoms with van der Waals surface area (Å²) in [5, 5.41) is 2.88. The average Bonchev–Trinajstić information content (AvgIpc) is 3.35. The molecule has 1 amide bonds. The van der Waals surface area contributed by atoms with Crippen molar-refractivity contribution < 1.29 is 9.53 Å². The van der Waals surface area contributed by atoms with Crippen molar-refractivity contribution in [1.29, 1.82) is 0 Å². The van der Waals surface area contributed by atoms with E-state index in [2.05, 4.69) is 24.8 Å². The largest absolute Gasteiger partial charge is 0.481 e. The lowest BCUT2D eigenvalue weighted by Crippen LogP contribution is -2.23. The lowest BCUT2D eigenvalue weighted by atomic mass is 10.2. The quantitative estimate of drug-likeness (QED) is 0.764. The summed E-state index contributed by atoms with van der Waals surface area (Å²) in [6, 6.07) is 5.96. The molecule has 0 bridgehead atoms. The molecule has 0 spiro atoms. The summed E-state index contributed by atoms with van der Waals surface area (Å²) in [5.74, 6) is 0.317. The zero-order valence-electron chi connectivity index (χ0n) is 14.7. The van der Waals surface area contributed by atoms with Gasteiger partial charge in [-0.2, -0.15) is 0 Å². The second-order valence-electron chi connectivity index (χ2n) is 6.51. The van der Waals surface area contributed by atoms with Gasteiger partial charge in [0.15, 0.2) is 5.65 Å². The van der Waals surface area contributed by atoms with E-state index in [4.69, 9.17) is 4.74 Å². The second kappa shape index (κ2) is 7.11. The molecule has 1 N–H and O–H groups in total. The van der Waals surface area contributed by atoms with E-state index in [1.165, 1.54) is 25.7 Å². The summed E-state index contributed by atoms with van der Waals surface area (Å²) in [4.78, 5) is 25.5. The molecule has 0 saturated heterocycles. The van der Waals surface area contributed by atoms with Gasteiger partial charge in [0.1, 0.15) is 5.52 Å². The minimum absolute atomic E-state index is 0.194. The summed E-state index contributed by atoms with van der Waals surface area (Å²) < 4.78 is 7.35. The number of carbonyl (C=O) groups is 1. The molecule has 3 aromatic rings. The third kappa shape index (κ3) is 3.12. The van der Waals surface area contributed by atoms with E-state index < -0.39 is 0 Å². The Balaban J connectivity index is 1.50. The fraction of sp³-hybridized carbons (Fsp3) is 0.368. The van der Waals surface area contributed by atoms with Gasteiger partial charge in [-0.3, -0.25) is 4.79 Å². The molecule has 1 fully saturated rings. The third-order valence-corrected chi connectivity index (χ3v) is 4.88. The van der Waals surface area contributed by atoms with E-state index in [-0.39, 0.29) is 5.91 Å². The van der Waals surface area contributed by atoms with Crippen molar-refractivity contribution in [1.82, 2.24) is 24.8 Å². The van der Waals surface area contributed by atoms with Crippen LogP contribution in [-0.2, 0) is 6.54 Å². The number of pyridine rings is 2. The van der Waals surface area contributed by atoms with Gasteiger partial charge < -0.3 is 14.6 Å². The molecule has 0 radical (unpaired) electrons. The molecule has 3 heterocycles. The van der Waals surface area contributed by atoms with Crippen LogP contribution in [-0.4, -0.2) is 32.5 Å². The Kier molecular flexibility index (Phi) is 4.51. The number of amides is 1. The zero-order valence-corrected chi connectivity index (χ0v) is 14.7. The van der Waals surface area contributed by atoms with E-state index in [1.54, 1.807) is 25.6 Å². The molecule has 7 nitrogen and oxygen atoms in total. The highest BCUT2D eigenvalue weighted by Crippen LogP contribution is 2.31. The van der Waals surface area contributed by atoms with E-state index >= 15 is 0 Å².